The topological polar surface area (TPSA) is 9.23 Å². The van der Waals surface area contributed by atoms with E-state index in [-0.39, 0.29) is 0 Å². The third-order valence-electron chi connectivity index (χ3n) is 4.47. The van der Waals surface area contributed by atoms with Crippen molar-refractivity contribution in [3.8, 4) is 5.75 Å². The first-order valence-corrected chi connectivity index (χ1v) is 8.04. The Kier molecular flexibility index (Phi) is 4.28. The Morgan fingerprint density at radius 2 is 1.81 bits per heavy atom. The van der Waals surface area contributed by atoms with Crippen LogP contribution >= 0.6 is 0 Å². The summed E-state index contributed by atoms with van der Waals surface area (Å²) in [6.45, 7) is 5.11. The summed E-state index contributed by atoms with van der Waals surface area (Å²) in [5.74, 6) is 2.31. The summed E-state index contributed by atoms with van der Waals surface area (Å²) in [5, 5.41) is 0. The summed E-state index contributed by atoms with van der Waals surface area (Å²) in [6.07, 6.45) is 4.04. The second kappa shape index (κ2) is 6.34. The van der Waals surface area contributed by atoms with Gasteiger partial charge in [0.1, 0.15) is 12.4 Å². The zero-order valence-electron chi connectivity index (χ0n) is 13.0. The molecule has 1 fully saturated rings. The van der Waals surface area contributed by atoms with Crippen molar-refractivity contribution < 1.29 is 4.74 Å². The van der Waals surface area contributed by atoms with Gasteiger partial charge in [0.2, 0.25) is 0 Å². The third-order valence-corrected chi connectivity index (χ3v) is 4.47. The minimum atomic E-state index is 0.492. The van der Waals surface area contributed by atoms with E-state index in [2.05, 4.69) is 56.3 Å². The lowest BCUT2D eigenvalue weighted by atomic mass is 9.79. The highest BCUT2D eigenvalue weighted by Crippen LogP contribution is 2.39. The number of hydrogen-bond acceptors (Lipinski definition) is 1. The lowest BCUT2D eigenvalue weighted by Gasteiger charge is -2.27. The predicted octanol–water partition coefficient (Wildman–Crippen LogP) is 5.66. The van der Waals surface area contributed by atoms with Crippen LogP contribution in [0.15, 0.2) is 48.5 Å². The van der Waals surface area contributed by atoms with Crippen LogP contribution in [0.2, 0.25) is 0 Å². The van der Waals surface area contributed by atoms with Gasteiger partial charge in [-0.25, -0.2) is 0 Å². The first kappa shape index (κ1) is 14.2. The van der Waals surface area contributed by atoms with Gasteiger partial charge in [-0.1, -0.05) is 62.7 Å². The molecule has 1 heteroatoms. The highest BCUT2D eigenvalue weighted by atomic mass is 16.5. The molecule has 21 heavy (non-hydrogen) atoms. The second-order valence-electron chi connectivity index (χ2n) is 6.35. The van der Waals surface area contributed by atoms with Crippen molar-refractivity contribution in [1.29, 1.82) is 0 Å². The molecule has 2 aromatic rings. The molecule has 3 rings (SSSR count). The highest BCUT2D eigenvalue weighted by molar-refractivity contribution is 5.41. The Balaban J connectivity index is 1.80. The van der Waals surface area contributed by atoms with E-state index in [4.69, 9.17) is 4.74 Å². The standard InChI is InChI=1S/C20H24O/c1-15(2)19-12-11-18(17-9-6-10-17)13-20(19)21-14-16-7-4-3-5-8-16/h3-5,7-8,11-13,15,17H,6,9-10,14H2,1-2H3. The summed E-state index contributed by atoms with van der Waals surface area (Å²) in [6, 6.07) is 17.2. The zero-order valence-corrected chi connectivity index (χ0v) is 13.0. The molecule has 2 aromatic carbocycles. The highest BCUT2D eigenvalue weighted by Gasteiger charge is 2.21. The Morgan fingerprint density at radius 3 is 2.43 bits per heavy atom. The first-order chi connectivity index (χ1) is 10.2. The molecule has 0 aromatic heterocycles. The normalized spacial score (nSPS) is 15.0. The van der Waals surface area contributed by atoms with E-state index >= 15 is 0 Å². The Bertz CT molecular complexity index is 582. The molecular formula is C20H24O. The molecule has 0 heterocycles. The van der Waals surface area contributed by atoms with Crippen LogP contribution < -0.4 is 4.74 Å². The predicted molar refractivity (Wildman–Crippen MR) is 87.9 cm³/mol. The van der Waals surface area contributed by atoms with Crippen molar-refractivity contribution >= 4 is 0 Å². The molecule has 0 aliphatic heterocycles. The van der Waals surface area contributed by atoms with E-state index < -0.39 is 0 Å². The van der Waals surface area contributed by atoms with Crippen LogP contribution in [0.25, 0.3) is 0 Å². The van der Waals surface area contributed by atoms with Gasteiger partial charge >= 0.3 is 0 Å². The molecule has 0 N–H and O–H groups in total. The second-order valence-corrected chi connectivity index (χ2v) is 6.35. The maximum atomic E-state index is 6.14. The van der Waals surface area contributed by atoms with Gasteiger partial charge in [-0.15, -0.1) is 0 Å². The van der Waals surface area contributed by atoms with Crippen LogP contribution in [-0.2, 0) is 6.61 Å². The van der Waals surface area contributed by atoms with Gasteiger partial charge in [-0.3, -0.25) is 0 Å². The molecule has 0 spiro atoms. The maximum absolute atomic E-state index is 6.14. The fraction of sp³-hybridized carbons (Fsp3) is 0.400. The molecule has 0 radical (unpaired) electrons. The van der Waals surface area contributed by atoms with Gasteiger partial charge in [0.25, 0.3) is 0 Å². The molecule has 1 nitrogen and oxygen atoms in total. The third kappa shape index (κ3) is 3.29. The average Bonchev–Trinajstić information content (AvgIpc) is 2.44. The maximum Gasteiger partial charge on any atom is 0.123 e. The summed E-state index contributed by atoms with van der Waals surface area (Å²) < 4.78 is 6.14. The van der Waals surface area contributed by atoms with Crippen LogP contribution in [0.3, 0.4) is 0 Å². The molecule has 1 aliphatic rings. The number of ether oxygens (including phenoxy) is 1. The SMILES string of the molecule is CC(C)c1ccc(C2CCC2)cc1OCc1ccccc1. The minimum Gasteiger partial charge on any atom is -0.489 e. The zero-order chi connectivity index (χ0) is 14.7. The number of benzene rings is 2. The van der Waals surface area contributed by atoms with E-state index in [0.717, 1.165) is 11.7 Å². The first-order valence-electron chi connectivity index (χ1n) is 8.04. The monoisotopic (exact) mass is 280 g/mol. The van der Waals surface area contributed by atoms with Crippen LogP contribution in [-0.4, -0.2) is 0 Å². The molecule has 1 saturated carbocycles. The van der Waals surface area contributed by atoms with Crippen molar-refractivity contribution in [3.63, 3.8) is 0 Å². The molecule has 1 aliphatic carbocycles. The molecule has 0 saturated heterocycles. The van der Waals surface area contributed by atoms with Crippen molar-refractivity contribution in [1.82, 2.24) is 0 Å². The summed E-state index contributed by atoms with van der Waals surface area (Å²) in [5.41, 5.74) is 3.99. The van der Waals surface area contributed by atoms with Crippen molar-refractivity contribution in [3.05, 3.63) is 65.2 Å². The lowest BCUT2D eigenvalue weighted by Crippen LogP contribution is -2.09. The van der Waals surface area contributed by atoms with E-state index in [1.807, 2.05) is 6.07 Å². The molecule has 0 bridgehead atoms. The van der Waals surface area contributed by atoms with Crippen LogP contribution in [0.1, 0.15) is 61.6 Å². The van der Waals surface area contributed by atoms with Crippen molar-refractivity contribution in [2.24, 2.45) is 0 Å². The van der Waals surface area contributed by atoms with Crippen molar-refractivity contribution in [2.75, 3.05) is 0 Å². The van der Waals surface area contributed by atoms with Crippen molar-refractivity contribution in [2.45, 2.75) is 51.6 Å². The van der Waals surface area contributed by atoms with Gasteiger partial charge in [-0.05, 0) is 47.4 Å². The van der Waals surface area contributed by atoms with Crippen LogP contribution in [0.5, 0.6) is 5.75 Å². The molecule has 0 amide bonds. The summed E-state index contributed by atoms with van der Waals surface area (Å²) in [4.78, 5) is 0. The Labute approximate surface area is 128 Å². The fourth-order valence-corrected chi connectivity index (χ4v) is 2.88. The van der Waals surface area contributed by atoms with Gasteiger partial charge in [-0.2, -0.15) is 0 Å². The van der Waals surface area contributed by atoms with Gasteiger partial charge < -0.3 is 4.74 Å². The lowest BCUT2D eigenvalue weighted by molar-refractivity contribution is 0.300. The van der Waals surface area contributed by atoms with Gasteiger partial charge in [0.15, 0.2) is 0 Å². The minimum absolute atomic E-state index is 0.492. The van der Waals surface area contributed by atoms with E-state index in [0.29, 0.717) is 12.5 Å². The van der Waals surface area contributed by atoms with Crippen LogP contribution in [0, 0.1) is 0 Å². The van der Waals surface area contributed by atoms with E-state index in [1.165, 1.54) is 36.0 Å². The van der Waals surface area contributed by atoms with E-state index in [9.17, 15) is 0 Å². The number of rotatable bonds is 5. The summed E-state index contributed by atoms with van der Waals surface area (Å²) in [7, 11) is 0. The van der Waals surface area contributed by atoms with Crippen LogP contribution in [0.4, 0.5) is 0 Å². The largest absolute Gasteiger partial charge is 0.489 e. The molecular weight excluding hydrogens is 256 g/mol. The Hall–Kier alpha value is -1.76. The Morgan fingerprint density at radius 1 is 1.05 bits per heavy atom. The average molecular weight is 280 g/mol. The fourth-order valence-electron chi connectivity index (χ4n) is 2.88. The quantitative estimate of drug-likeness (QED) is 0.687. The number of hydrogen-bond donors (Lipinski definition) is 0. The molecule has 110 valence electrons. The van der Waals surface area contributed by atoms with Gasteiger partial charge in [0.05, 0.1) is 0 Å². The smallest absolute Gasteiger partial charge is 0.123 e. The molecule has 0 unspecified atom stereocenters. The summed E-state index contributed by atoms with van der Waals surface area (Å²) >= 11 is 0. The van der Waals surface area contributed by atoms with E-state index in [1.54, 1.807) is 0 Å². The molecule has 0 atom stereocenters. The van der Waals surface area contributed by atoms with Gasteiger partial charge in [0, 0.05) is 0 Å².